The maximum Gasteiger partial charge on any atom is 0.321 e. The number of hydrogen-bond donors (Lipinski definition) is 2. The van der Waals surface area contributed by atoms with Gasteiger partial charge in [0.05, 0.1) is 11.6 Å². The minimum absolute atomic E-state index is 0.260. The second-order valence-electron chi connectivity index (χ2n) is 6.20. The van der Waals surface area contributed by atoms with E-state index < -0.39 is 5.97 Å². The van der Waals surface area contributed by atoms with Crippen LogP contribution in [0.5, 0.6) is 0 Å². The fourth-order valence-electron chi connectivity index (χ4n) is 3.05. The normalized spacial score (nSPS) is 14.9. The van der Waals surface area contributed by atoms with Gasteiger partial charge in [-0.25, -0.2) is 4.79 Å². The maximum atomic E-state index is 12.6. The molecule has 7 heteroatoms. The van der Waals surface area contributed by atoms with Crippen molar-refractivity contribution in [3.8, 4) is 11.1 Å². The Hall–Kier alpha value is -2.24. The lowest BCUT2D eigenvalue weighted by Crippen LogP contribution is -2.42. The number of carboxylic acids is 1. The number of rotatable bonds is 3. The predicted molar refractivity (Wildman–Crippen MR) is 103 cm³/mol. The quantitative estimate of drug-likeness (QED) is 0.772. The average molecular weight is 393 g/mol. The molecule has 1 fully saturated rings. The van der Waals surface area contributed by atoms with Gasteiger partial charge in [-0.2, -0.15) is 0 Å². The van der Waals surface area contributed by atoms with E-state index in [1.54, 1.807) is 29.2 Å². The number of benzene rings is 2. The molecule has 0 spiro atoms. The number of carbonyl (C=O) groups is 2. The van der Waals surface area contributed by atoms with Crippen molar-refractivity contribution < 1.29 is 14.7 Å². The van der Waals surface area contributed by atoms with E-state index in [4.69, 9.17) is 28.3 Å². The van der Waals surface area contributed by atoms with E-state index >= 15 is 0 Å². The van der Waals surface area contributed by atoms with Gasteiger partial charge in [0.25, 0.3) is 0 Å². The van der Waals surface area contributed by atoms with Crippen LogP contribution in [-0.2, 0) is 4.79 Å². The Morgan fingerprint density at radius 1 is 1.04 bits per heavy atom. The Kier molecular flexibility index (Phi) is 5.69. The molecule has 0 bridgehead atoms. The van der Waals surface area contributed by atoms with Gasteiger partial charge in [-0.15, -0.1) is 0 Å². The molecule has 5 nitrogen and oxygen atoms in total. The first-order valence-electron chi connectivity index (χ1n) is 8.29. The zero-order valence-electron chi connectivity index (χ0n) is 13.9. The molecular weight excluding hydrogens is 375 g/mol. The number of nitrogens with one attached hydrogen (secondary N) is 1. The molecule has 1 aliphatic heterocycles. The average Bonchev–Trinajstić information content (AvgIpc) is 2.63. The van der Waals surface area contributed by atoms with E-state index in [9.17, 15) is 9.59 Å². The van der Waals surface area contributed by atoms with Gasteiger partial charge >= 0.3 is 12.0 Å². The van der Waals surface area contributed by atoms with Crippen LogP contribution >= 0.6 is 23.2 Å². The van der Waals surface area contributed by atoms with E-state index in [0.29, 0.717) is 41.7 Å². The molecule has 2 amide bonds. The molecular formula is C19H18Cl2N2O3. The molecule has 1 saturated heterocycles. The summed E-state index contributed by atoms with van der Waals surface area (Å²) in [4.78, 5) is 25.3. The van der Waals surface area contributed by atoms with Gasteiger partial charge in [0.15, 0.2) is 0 Å². The summed E-state index contributed by atoms with van der Waals surface area (Å²) in [5.74, 6) is -1.18. The zero-order chi connectivity index (χ0) is 18.7. The standard InChI is InChI=1S/C19H18Cl2N2O3/c20-13-5-6-17(15(11-13)14-3-1-2-4-16(14)21)22-19(26)23-9-7-12(8-10-23)18(24)25/h1-6,11-12H,7-10H2,(H,22,26)(H,24,25). The first-order valence-corrected chi connectivity index (χ1v) is 9.04. The van der Waals surface area contributed by atoms with Crippen LogP contribution in [0.2, 0.25) is 10.0 Å². The molecule has 0 saturated carbocycles. The summed E-state index contributed by atoms with van der Waals surface area (Å²) in [6, 6.07) is 12.3. The van der Waals surface area contributed by atoms with Crippen molar-refractivity contribution in [2.45, 2.75) is 12.8 Å². The van der Waals surface area contributed by atoms with Gasteiger partial charge in [0.1, 0.15) is 0 Å². The maximum absolute atomic E-state index is 12.6. The van der Waals surface area contributed by atoms with E-state index in [1.807, 2.05) is 18.2 Å². The van der Waals surface area contributed by atoms with Crippen LogP contribution in [-0.4, -0.2) is 35.1 Å². The monoisotopic (exact) mass is 392 g/mol. The van der Waals surface area contributed by atoms with Crippen LogP contribution < -0.4 is 5.32 Å². The molecule has 0 radical (unpaired) electrons. The highest BCUT2D eigenvalue weighted by Crippen LogP contribution is 2.35. The Morgan fingerprint density at radius 3 is 2.38 bits per heavy atom. The third-order valence-corrected chi connectivity index (χ3v) is 5.08. The highest BCUT2D eigenvalue weighted by atomic mass is 35.5. The number of halogens is 2. The number of carboxylic acid groups (broad SMARTS) is 1. The summed E-state index contributed by atoms with van der Waals surface area (Å²) in [6.45, 7) is 0.829. The third kappa shape index (κ3) is 4.11. The molecule has 2 aromatic carbocycles. The first kappa shape index (κ1) is 18.5. The lowest BCUT2D eigenvalue weighted by Gasteiger charge is -2.30. The van der Waals surface area contributed by atoms with Crippen LogP contribution in [0.25, 0.3) is 11.1 Å². The second-order valence-corrected chi connectivity index (χ2v) is 7.04. The van der Waals surface area contributed by atoms with Crippen molar-refractivity contribution >= 4 is 40.9 Å². The molecule has 0 aliphatic carbocycles. The van der Waals surface area contributed by atoms with Crippen molar-refractivity contribution in [1.29, 1.82) is 0 Å². The highest BCUT2D eigenvalue weighted by molar-refractivity contribution is 6.34. The number of hydrogen-bond acceptors (Lipinski definition) is 2. The molecule has 1 heterocycles. The number of piperidine rings is 1. The van der Waals surface area contributed by atoms with Crippen LogP contribution in [0.15, 0.2) is 42.5 Å². The topological polar surface area (TPSA) is 69.6 Å². The summed E-state index contributed by atoms with van der Waals surface area (Å²) < 4.78 is 0. The molecule has 0 atom stereocenters. The summed E-state index contributed by atoms with van der Waals surface area (Å²) in [5.41, 5.74) is 2.11. The molecule has 1 aliphatic rings. The lowest BCUT2D eigenvalue weighted by molar-refractivity contribution is -0.143. The summed E-state index contributed by atoms with van der Waals surface area (Å²) >= 11 is 12.4. The first-order chi connectivity index (χ1) is 12.5. The Morgan fingerprint density at radius 2 is 1.73 bits per heavy atom. The number of anilines is 1. The minimum atomic E-state index is -0.802. The largest absolute Gasteiger partial charge is 0.481 e. The van der Waals surface area contributed by atoms with E-state index in [1.165, 1.54) is 0 Å². The molecule has 136 valence electrons. The number of urea groups is 1. The van der Waals surface area contributed by atoms with Gasteiger partial charge in [-0.05, 0) is 37.1 Å². The van der Waals surface area contributed by atoms with Gasteiger partial charge in [-0.1, -0.05) is 41.4 Å². The molecule has 26 heavy (non-hydrogen) atoms. The summed E-state index contributed by atoms with van der Waals surface area (Å²) in [5, 5.41) is 13.1. The molecule has 3 rings (SSSR count). The van der Waals surface area contributed by atoms with Crippen LogP contribution in [0, 0.1) is 5.92 Å². The smallest absolute Gasteiger partial charge is 0.321 e. The lowest BCUT2D eigenvalue weighted by atomic mass is 9.97. The Balaban J connectivity index is 1.79. The third-order valence-electron chi connectivity index (χ3n) is 4.52. The number of amides is 2. The number of nitrogens with zero attached hydrogens (tertiary/aromatic N) is 1. The molecule has 0 aromatic heterocycles. The van der Waals surface area contributed by atoms with Gasteiger partial charge in [0.2, 0.25) is 0 Å². The SMILES string of the molecule is O=C(O)C1CCN(C(=O)Nc2ccc(Cl)cc2-c2ccccc2Cl)CC1. The van der Waals surface area contributed by atoms with E-state index in [-0.39, 0.29) is 11.9 Å². The van der Waals surface area contributed by atoms with E-state index in [2.05, 4.69) is 5.32 Å². The van der Waals surface area contributed by atoms with Crippen molar-refractivity contribution in [1.82, 2.24) is 4.90 Å². The van der Waals surface area contributed by atoms with Crippen LogP contribution in [0.3, 0.4) is 0 Å². The van der Waals surface area contributed by atoms with E-state index in [0.717, 1.165) is 11.1 Å². The Bertz CT molecular complexity index is 833. The van der Waals surface area contributed by atoms with Crippen LogP contribution in [0.1, 0.15) is 12.8 Å². The molecule has 2 N–H and O–H groups in total. The highest BCUT2D eigenvalue weighted by Gasteiger charge is 2.27. The van der Waals surface area contributed by atoms with Crippen LogP contribution in [0.4, 0.5) is 10.5 Å². The minimum Gasteiger partial charge on any atom is -0.481 e. The second kappa shape index (κ2) is 7.98. The van der Waals surface area contributed by atoms with Crippen molar-refractivity contribution in [2.24, 2.45) is 5.92 Å². The number of likely N-dealkylation sites (tertiary alicyclic amines) is 1. The van der Waals surface area contributed by atoms with Crippen molar-refractivity contribution in [2.75, 3.05) is 18.4 Å². The van der Waals surface area contributed by atoms with Crippen molar-refractivity contribution in [3.63, 3.8) is 0 Å². The van der Waals surface area contributed by atoms with Gasteiger partial charge in [-0.3, -0.25) is 4.79 Å². The van der Waals surface area contributed by atoms with Gasteiger partial charge < -0.3 is 15.3 Å². The fourth-order valence-corrected chi connectivity index (χ4v) is 3.46. The number of carbonyl (C=O) groups excluding carboxylic acids is 1. The number of aliphatic carboxylic acids is 1. The molecule has 2 aromatic rings. The van der Waals surface area contributed by atoms with Gasteiger partial charge in [0, 0.05) is 34.3 Å². The summed E-state index contributed by atoms with van der Waals surface area (Å²) in [7, 11) is 0. The fraction of sp³-hybridized carbons (Fsp3) is 0.263. The summed E-state index contributed by atoms with van der Waals surface area (Å²) in [6.07, 6.45) is 0.918. The predicted octanol–water partition coefficient (Wildman–Crippen LogP) is 4.99. The zero-order valence-corrected chi connectivity index (χ0v) is 15.4. The van der Waals surface area contributed by atoms with Crippen molar-refractivity contribution in [3.05, 3.63) is 52.5 Å². The molecule has 0 unspecified atom stereocenters. The Labute approximate surface area is 161 Å².